The molecule has 2 fully saturated rings. The number of piperazine rings is 1. The lowest BCUT2D eigenvalue weighted by Crippen LogP contribution is -2.50. The second-order valence-electron chi connectivity index (χ2n) is 9.88. The van der Waals surface area contributed by atoms with Gasteiger partial charge in [0.2, 0.25) is 0 Å². The summed E-state index contributed by atoms with van der Waals surface area (Å²) in [5.74, 6) is 2.10. The zero-order chi connectivity index (χ0) is 27.7. The number of rotatable bonds is 10. The first-order valence-corrected chi connectivity index (χ1v) is 13.7. The Bertz CT molecular complexity index is 1330. The molecule has 2 aromatic carbocycles. The molecular formula is C29H35N7O4. The fourth-order valence-electron chi connectivity index (χ4n) is 5.03. The van der Waals surface area contributed by atoms with Crippen LogP contribution in [0.25, 0.3) is 10.9 Å². The summed E-state index contributed by atoms with van der Waals surface area (Å²) in [6, 6.07) is 13.1. The molecule has 11 heteroatoms. The fourth-order valence-corrected chi connectivity index (χ4v) is 5.03. The highest BCUT2D eigenvalue weighted by molar-refractivity contribution is 5.92. The van der Waals surface area contributed by atoms with Gasteiger partial charge in [-0.1, -0.05) is 0 Å². The van der Waals surface area contributed by atoms with Crippen molar-refractivity contribution >= 4 is 28.4 Å². The molecule has 0 spiro atoms. The number of carbonyl (C=O) groups excluding carboxylic acids is 1. The summed E-state index contributed by atoms with van der Waals surface area (Å²) < 4.78 is 17.4. The van der Waals surface area contributed by atoms with Gasteiger partial charge in [-0.15, -0.1) is 0 Å². The first kappa shape index (κ1) is 27.4. The summed E-state index contributed by atoms with van der Waals surface area (Å²) in [4.78, 5) is 25.9. The Kier molecular flexibility index (Phi) is 9.11. The summed E-state index contributed by atoms with van der Waals surface area (Å²) in [5, 5.41) is 16.3. The molecule has 11 nitrogen and oxygen atoms in total. The maximum absolute atomic E-state index is 12.8. The Labute approximate surface area is 234 Å². The minimum absolute atomic E-state index is 0.166. The number of benzene rings is 2. The first-order valence-electron chi connectivity index (χ1n) is 13.7. The summed E-state index contributed by atoms with van der Waals surface area (Å²) in [6.07, 6.45) is 4.90. The van der Waals surface area contributed by atoms with Gasteiger partial charge in [-0.3, -0.25) is 0 Å². The molecule has 2 aliphatic heterocycles. The number of hydrogen-bond acceptors (Lipinski definition) is 9. The van der Waals surface area contributed by atoms with Gasteiger partial charge in [0.15, 0.2) is 11.5 Å². The molecule has 1 aromatic heterocycles. The monoisotopic (exact) mass is 545 g/mol. The number of anilines is 2. The number of urea groups is 1. The number of nitriles is 1. The number of aromatic nitrogens is 2. The second kappa shape index (κ2) is 13.3. The number of ether oxygens (including phenoxy) is 3. The predicted molar refractivity (Wildman–Crippen MR) is 152 cm³/mol. The summed E-state index contributed by atoms with van der Waals surface area (Å²) >= 11 is 0. The van der Waals surface area contributed by atoms with Gasteiger partial charge in [0.25, 0.3) is 0 Å². The van der Waals surface area contributed by atoms with Crippen molar-refractivity contribution in [3.63, 3.8) is 0 Å². The van der Waals surface area contributed by atoms with E-state index in [1.54, 1.807) is 42.6 Å². The van der Waals surface area contributed by atoms with E-state index in [9.17, 15) is 4.79 Å². The standard InChI is InChI=1S/C29H35N7O4/c1-38-15-16-40-26-17-24-25(18-27(26)39-14-8-22-3-2-9-31-22)32-20-33-28(24)35-10-12-36(13-11-35)29(37)34-23-6-4-21(19-30)5-7-23/h4-7,17-18,20,22,31H,2-3,8-16H2,1H3,(H,34,37). The van der Waals surface area contributed by atoms with E-state index < -0.39 is 0 Å². The second-order valence-corrected chi connectivity index (χ2v) is 9.88. The van der Waals surface area contributed by atoms with E-state index in [0.29, 0.717) is 74.8 Å². The molecule has 2 saturated heterocycles. The average Bonchev–Trinajstić information content (AvgIpc) is 3.51. The van der Waals surface area contributed by atoms with E-state index in [1.807, 2.05) is 12.1 Å². The van der Waals surface area contributed by atoms with Crippen molar-refractivity contribution in [2.45, 2.75) is 25.3 Å². The van der Waals surface area contributed by atoms with Crippen LogP contribution in [-0.2, 0) is 4.74 Å². The average molecular weight is 546 g/mol. The van der Waals surface area contributed by atoms with Crippen molar-refractivity contribution in [2.75, 3.05) is 69.9 Å². The minimum Gasteiger partial charge on any atom is -0.490 e. The lowest BCUT2D eigenvalue weighted by molar-refractivity contribution is 0.143. The molecule has 3 aromatic rings. The van der Waals surface area contributed by atoms with Gasteiger partial charge in [-0.2, -0.15) is 5.26 Å². The number of nitrogens with zero attached hydrogens (tertiary/aromatic N) is 5. The van der Waals surface area contributed by atoms with Gasteiger partial charge in [0.05, 0.1) is 30.4 Å². The van der Waals surface area contributed by atoms with Crippen molar-refractivity contribution in [3.05, 3.63) is 48.3 Å². The van der Waals surface area contributed by atoms with Gasteiger partial charge in [0, 0.05) is 56.5 Å². The Morgan fingerprint density at radius 3 is 2.58 bits per heavy atom. The normalized spacial score (nSPS) is 17.1. The van der Waals surface area contributed by atoms with Crippen molar-refractivity contribution in [1.82, 2.24) is 20.2 Å². The third kappa shape index (κ3) is 6.70. The van der Waals surface area contributed by atoms with Crippen LogP contribution in [0.4, 0.5) is 16.3 Å². The quantitative estimate of drug-likeness (QED) is 0.369. The lowest BCUT2D eigenvalue weighted by atomic mass is 10.1. The molecule has 3 heterocycles. The number of hydrogen-bond donors (Lipinski definition) is 2. The van der Waals surface area contributed by atoms with Crippen LogP contribution in [0, 0.1) is 11.3 Å². The fraction of sp³-hybridized carbons (Fsp3) is 0.448. The molecule has 210 valence electrons. The van der Waals surface area contributed by atoms with Gasteiger partial charge in [-0.25, -0.2) is 14.8 Å². The van der Waals surface area contributed by atoms with E-state index >= 15 is 0 Å². The van der Waals surface area contributed by atoms with Crippen LogP contribution in [0.1, 0.15) is 24.8 Å². The predicted octanol–water partition coefficient (Wildman–Crippen LogP) is 3.40. The third-order valence-electron chi connectivity index (χ3n) is 7.24. The number of fused-ring (bicyclic) bond motifs is 1. The lowest BCUT2D eigenvalue weighted by Gasteiger charge is -2.35. The number of amides is 2. The maximum atomic E-state index is 12.8. The molecule has 2 N–H and O–H groups in total. The third-order valence-corrected chi connectivity index (χ3v) is 7.24. The van der Waals surface area contributed by atoms with E-state index in [4.69, 9.17) is 19.5 Å². The van der Waals surface area contributed by atoms with Crippen molar-refractivity contribution < 1.29 is 19.0 Å². The largest absolute Gasteiger partial charge is 0.490 e. The molecule has 40 heavy (non-hydrogen) atoms. The summed E-state index contributed by atoms with van der Waals surface area (Å²) in [7, 11) is 1.64. The van der Waals surface area contributed by atoms with Crippen LogP contribution >= 0.6 is 0 Å². The van der Waals surface area contributed by atoms with Crippen LogP contribution in [0.5, 0.6) is 11.5 Å². The van der Waals surface area contributed by atoms with Crippen LogP contribution in [0.15, 0.2) is 42.7 Å². The molecule has 0 bridgehead atoms. The zero-order valence-corrected chi connectivity index (χ0v) is 22.8. The Morgan fingerprint density at radius 2 is 1.85 bits per heavy atom. The summed E-state index contributed by atoms with van der Waals surface area (Å²) in [5.41, 5.74) is 1.99. The van der Waals surface area contributed by atoms with Crippen LogP contribution in [-0.4, -0.2) is 86.6 Å². The van der Waals surface area contributed by atoms with Crippen molar-refractivity contribution in [2.24, 2.45) is 0 Å². The Hall–Kier alpha value is -4.14. The van der Waals surface area contributed by atoms with E-state index in [1.165, 1.54) is 12.8 Å². The SMILES string of the molecule is COCCOc1cc2c(N3CCN(C(=O)Nc4ccc(C#N)cc4)CC3)ncnc2cc1OCCC1CCCN1. The molecule has 1 atom stereocenters. The molecule has 0 aliphatic carbocycles. The maximum Gasteiger partial charge on any atom is 0.321 e. The molecule has 1 unspecified atom stereocenters. The van der Waals surface area contributed by atoms with Gasteiger partial charge in [0.1, 0.15) is 18.8 Å². The van der Waals surface area contributed by atoms with Gasteiger partial charge in [-0.05, 0) is 56.1 Å². The molecule has 5 rings (SSSR count). The van der Waals surface area contributed by atoms with Crippen LogP contribution in [0.2, 0.25) is 0 Å². The zero-order valence-electron chi connectivity index (χ0n) is 22.8. The Morgan fingerprint density at radius 1 is 1.07 bits per heavy atom. The van der Waals surface area contributed by atoms with Crippen molar-refractivity contribution in [1.29, 1.82) is 5.26 Å². The van der Waals surface area contributed by atoms with Crippen LogP contribution in [0.3, 0.4) is 0 Å². The molecule has 2 aliphatic rings. The molecule has 0 saturated carbocycles. The first-order chi connectivity index (χ1) is 19.6. The van der Waals surface area contributed by atoms with E-state index in [-0.39, 0.29) is 6.03 Å². The molecule has 0 radical (unpaired) electrons. The van der Waals surface area contributed by atoms with Gasteiger partial charge < -0.3 is 34.6 Å². The topological polar surface area (TPSA) is 125 Å². The van der Waals surface area contributed by atoms with Gasteiger partial charge >= 0.3 is 6.03 Å². The Balaban J connectivity index is 1.27. The molecular weight excluding hydrogens is 510 g/mol. The highest BCUT2D eigenvalue weighted by Gasteiger charge is 2.24. The smallest absolute Gasteiger partial charge is 0.321 e. The highest BCUT2D eigenvalue weighted by atomic mass is 16.5. The minimum atomic E-state index is -0.166. The van der Waals surface area contributed by atoms with E-state index in [2.05, 4.69) is 31.6 Å². The van der Waals surface area contributed by atoms with Crippen LogP contribution < -0.4 is 25.0 Å². The van der Waals surface area contributed by atoms with E-state index in [0.717, 1.165) is 29.7 Å². The van der Waals surface area contributed by atoms with Crippen molar-refractivity contribution in [3.8, 4) is 17.6 Å². The number of methoxy groups -OCH3 is 1. The number of nitrogens with one attached hydrogen (secondary N) is 2. The number of carbonyl (C=O) groups is 1. The summed E-state index contributed by atoms with van der Waals surface area (Å²) in [6.45, 7) is 4.87. The highest BCUT2D eigenvalue weighted by Crippen LogP contribution is 2.36. The molecule has 2 amide bonds.